The fraction of sp³-hybridized carbons (Fsp3) is 0.611. The highest BCUT2D eigenvalue weighted by Gasteiger charge is 2.47. The van der Waals surface area contributed by atoms with Gasteiger partial charge in [-0.3, -0.25) is 9.69 Å². The van der Waals surface area contributed by atoms with Gasteiger partial charge in [-0.05, 0) is 49.1 Å². The van der Waals surface area contributed by atoms with E-state index in [0.29, 0.717) is 25.1 Å². The van der Waals surface area contributed by atoms with Gasteiger partial charge >= 0.3 is 0 Å². The smallest absolute Gasteiger partial charge is 0.226 e. The molecule has 1 aliphatic carbocycles. The average molecular weight is 338 g/mol. The van der Waals surface area contributed by atoms with Crippen LogP contribution in [0.25, 0.3) is 0 Å². The van der Waals surface area contributed by atoms with Crippen LogP contribution in [0, 0.1) is 17.6 Å². The lowest BCUT2D eigenvalue weighted by atomic mass is 10.1. The predicted molar refractivity (Wildman–Crippen MR) is 86.7 cm³/mol. The van der Waals surface area contributed by atoms with Crippen LogP contribution in [0.2, 0.25) is 0 Å². The van der Waals surface area contributed by atoms with Crippen LogP contribution in [0.4, 0.5) is 8.78 Å². The number of hydrogen-bond acceptors (Lipinski definition) is 3. The monoisotopic (exact) mass is 338 g/mol. The van der Waals surface area contributed by atoms with Crippen LogP contribution in [0.15, 0.2) is 18.2 Å². The Balaban J connectivity index is 1.57. The van der Waals surface area contributed by atoms with E-state index in [1.165, 1.54) is 6.07 Å². The molecule has 2 aliphatic rings. The van der Waals surface area contributed by atoms with E-state index in [1.807, 2.05) is 4.90 Å². The van der Waals surface area contributed by atoms with E-state index >= 15 is 0 Å². The lowest BCUT2D eigenvalue weighted by Crippen LogP contribution is -2.37. The van der Waals surface area contributed by atoms with Crippen molar-refractivity contribution in [2.75, 3.05) is 46.4 Å². The number of methoxy groups -OCH3 is 1. The summed E-state index contributed by atoms with van der Waals surface area (Å²) < 4.78 is 32.3. The van der Waals surface area contributed by atoms with Gasteiger partial charge in [0.05, 0.1) is 6.61 Å². The largest absolute Gasteiger partial charge is 0.383 e. The molecule has 1 aliphatic heterocycles. The number of rotatable bonds is 5. The molecule has 0 aromatic heterocycles. The Labute approximate surface area is 141 Å². The third kappa shape index (κ3) is 3.92. The number of amides is 1. The molecule has 6 heteroatoms. The van der Waals surface area contributed by atoms with Crippen LogP contribution < -0.4 is 0 Å². The lowest BCUT2D eigenvalue weighted by molar-refractivity contribution is -0.132. The van der Waals surface area contributed by atoms with Crippen molar-refractivity contribution in [1.82, 2.24) is 9.80 Å². The van der Waals surface area contributed by atoms with Gasteiger partial charge < -0.3 is 9.64 Å². The van der Waals surface area contributed by atoms with E-state index in [1.54, 1.807) is 7.11 Å². The quantitative estimate of drug-likeness (QED) is 0.826. The molecule has 1 aromatic carbocycles. The molecule has 1 amide bonds. The first-order chi connectivity index (χ1) is 11.6. The summed E-state index contributed by atoms with van der Waals surface area (Å²) in [5.41, 5.74) is 0.338. The van der Waals surface area contributed by atoms with E-state index in [0.717, 1.165) is 44.7 Å². The van der Waals surface area contributed by atoms with Gasteiger partial charge in [0.2, 0.25) is 5.91 Å². The Kier molecular flexibility index (Phi) is 5.46. The third-order valence-corrected chi connectivity index (χ3v) is 4.98. The van der Waals surface area contributed by atoms with E-state index in [-0.39, 0.29) is 17.7 Å². The van der Waals surface area contributed by atoms with E-state index in [4.69, 9.17) is 4.74 Å². The summed E-state index contributed by atoms with van der Waals surface area (Å²) in [7, 11) is 1.69. The van der Waals surface area contributed by atoms with Crippen molar-refractivity contribution in [1.29, 1.82) is 0 Å². The van der Waals surface area contributed by atoms with Gasteiger partial charge in [0.1, 0.15) is 11.6 Å². The minimum absolute atomic E-state index is 0.0808. The van der Waals surface area contributed by atoms with Crippen LogP contribution in [-0.2, 0) is 9.53 Å². The zero-order valence-corrected chi connectivity index (χ0v) is 14.0. The van der Waals surface area contributed by atoms with Gasteiger partial charge in [0, 0.05) is 39.2 Å². The number of hydrogen-bond donors (Lipinski definition) is 0. The molecule has 1 saturated carbocycles. The van der Waals surface area contributed by atoms with Crippen molar-refractivity contribution in [3.05, 3.63) is 35.4 Å². The normalized spacial score (nSPS) is 24.7. The van der Waals surface area contributed by atoms with Gasteiger partial charge in [-0.2, -0.15) is 0 Å². The minimum Gasteiger partial charge on any atom is -0.383 e. The summed E-state index contributed by atoms with van der Waals surface area (Å²) in [4.78, 5) is 16.9. The molecule has 0 spiro atoms. The Morgan fingerprint density at radius 2 is 2.08 bits per heavy atom. The van der Waals surface area contributed by atoms with Gasteiger partial charge in [-0.15, -0.1) is 0 Å². The molecular weight excluding hydrogens is 314 g/mol. The molecule has 24 heavy (non-hydrogen) atoms. The number of carbonyl (C=O) groups excluding carboxylic acids is 1. The van der Waals surface area contributed by atoms with Crippen LogP contribution in [0.5, 0.6) is 0 Å². The van der Waals surface area contributed by atoms with Crippen LogP contribution in [0.1, 0.15) is 24.3 Å². The Morgan fingerprint density at radius 3 is 2.88 bits per heavy atom. The molecule has 0 N–H and O–H groups in total. The fourth-order valence-electron chi connectivity index (χ4n) is 3.48. The first-order valence-electron chi connectivity index (χ1n) is 8.55. The van der Waals surface area contributed by atoms with E-state index in [9.17, 15) is 13.6 Å². The highest BCUT2D eigenvalue weighted by Crippen LogP contribution is 2.49. The number of halogens is 2. The zero-order valence-electron chi connectivity index (χ0n) is 14.0. The second-order valence-electron chi connectivity index (χ2n) is 6.63. The first kappa shape index (κ1) is 17.3. The third-order valence-electron chi connectivity index (χ3n) is 4.98. The van der Waals surface area contributed by atoms with Gasteiger partial charge in [0.25, 0.3) is 0 Å². The number of ether oxygens (including phenoxy) is 1. The molecule has 1 aromatic rings. The highest BCUT2D eigenvalue weighted by molar-refractivity contribution is 5.83. The summed E-state index contributed by atoms with van der Waals surface area (Å²) in [6.07, 6.45) is 1.55. The Hall–Kier alpha value is -1.53. The van der Waals surface area contributed by atoms with Crippen LogP contribution in [0.3, 0.4) is 0 Å². The molecule has 0 radical (unpaired) electrons. The van der Waals surface area contributed by atoms with Crippen molar-refractivity contribution in [3.8, 4) is 0 Å². The molecule has 132 valence electrons. The summed E-state index contributed by atoms with van der Waals surface area (Å²) in [6.45, 7) is 4.78. The molecule has 2 fully saturated rings. The molecule has 0 unspecified atom stereocenters. The van der Waals surface area contributed by atoms with E-state index < -0.39 is 11.6 Å². The Morgan fingerprint density at radius 1 is 1.25 bits per heavy atom. The topological polar surface area (TPSA) is 32.8 Å². The second kappa shape index (κ2) is 7.57. The van der Waals surface area contributed by atoms with Gasteiger partial charge in [-0.25, -0.2) is 8.78 Å². The molecule has 1 heterocycles. The zero-order chi connectivity index (χ0) is 17.1. The van der Waals surface area contributed by atoms with Crippen molar-refractivity contribution in [3.63, 3.8) is 0 Å². The maximum atomic E-state index is 13.9. The maximum Gasteiger partial charge on any atom is 0.226 e. The van der Waals surface area contributed by atoms with E-state index in [2.05, 4.69) is 4.90 Å². The van der Waals surface area contributed by atoms with Crippen LogP contribution >= 0.6 is 0 Å². The van der Waals surface area contributed by atoms with Crippen molar-refractivity contribution in [2.24, 2.45) is 5.92 Å². The molecule has 4 nitrogen and oxygen atoms in total. The number of benzene rings is 1. The second-order valence-corrected chi connectivity index (χ2v) is 6.63. The van der Waals surface area contributed by atoms with Crippen molar-refractivity contribution < 1.29 is 18.3 Å². The predicted octanol–water partition coefficient (Wildman–Crippen LogP) is 2.25. The molecular formula is C18H24F2N2O2. The minimum atomic E-state index is -0.451. The molecule has 1 saturated heterocycles. The summed E-state index contributed by atoms with van der Waals surface area (Å²) in [5, 5.41) is 0. The molecule has 3 rings (SSSR count). The first-order valence-corrected chi connectivity index (χ1v) is 8.55. The van der Waals surface area contributed by atoms with Gasteiger partial charge in [-0.1, -0.05) is 0 Å². The SMILES string of the molecule is COCCN1CCCN(C(=O)[C@H]2C[C@H]2c2cc(F)ccc2F)CC1. The maximum absolute atomic E-state index is 13.9. The number of carbonyl (C=O) groups is 1. The summed E-state index contributed by atoms with van der Waals surface area (Å²) in [5.74, 6) is -1.17. The number of nitrogens with zero attached hydrogens (tertiary/aromatic N) is 2. The fourth-order valence-corrected chi connectivity index (χ4v) is 3.48. The van der Waals surface area contributed by atoms with Crippen LogP contribution in [-0.4, -0.2) is 62.1 Å². The Bertz CT molecular complexity index is 596. The summed E-state index contributed by atoms with van der Waals surface area (Å²) in [6, 6.07) is 3.48. The van der Waals surface area contributed by atoms with Gasteiger partial charge in [0.15, 0.2) is 0 Å². The van der Waals surface area contributed by atoms with Crippen molar-refractivity contribution >= 4 is 5.91 Å². The highest BCUT2D eigenvalue weighted by atomic mass is 19.1. The van der Waals surface area contributed by atoms with Crippen molar-refractivity contribution in [2.45, 2.75) is 18.8 Å². The summed E-state index contributed by atoms with van der Waals surface area (Å²) >= 11 is 0. The standard InChI is InChI=1S/C18H24F2N2O2/c1-24-10-9-21-5-2-6-22(8-7-21)18(23)16-12-14(16)15-11-13(19)3-4-17(15)20/h3-4,11,14,16H,2,5-10,12H2,1H3/t14-,16-/m0/s1. The lowest BCUT2D eigenvalue weighted by Gasteiger charge is -2.22. The molecule has 2 atom stereocenters. The average Bonchev–Trinajstić information content (AvgIpc) is 3.38. The molecule has 0 bridgehead atoms.